The maximum Gasteiger partial charge on any atom is 0.251 e. The maximum atomic E-state index is 13.1. The van der Waals surface area contributed by atoms with Crippen LogP contribution in [0.2, 0.25) is 0 Å². The zero-order chi connectivity index (χ0) is 13.8. The highest BCUT2D eigenvalue weighted by Crippen LogP contribution is 2.18. The first-order valence-electron chi connectivity index (χ1n) is 6.01. The van der Waals surface area contributed by atoms with Gasteiger partial charge in [-0.05, 0) is 36.5 Å². The first kappa shape index (κ1) is 14.6. The summed E-state index contributed by atoms with van der Waals surface area (Å²) in [5.41, 5.74) is 0.926. The molecule has 0 aliphatic heterocycles. The standard InChI is InChI=1S/C14H20FNO2/c1-10-4-5-11(15)8-12(10)13(18)16-9-14(2,3)6-7-17/h4-5,8,17H,6-7,9H2,1-3H3,(H,16,18). The molecule has 0 aromatic heterocycles. The molecule has 1 aromatic rings. The van der Waals surface area contributed by atoms with E-state index in [1.807, 2.05) is 13.8 Å². The molecular formula is C14H20FNO2. The van der Waals surface area contributed by atoms with E-state index in [4.69, 9.17) is 5.11 Å². The molecule has 4 heteroatoms. The summed E-state index contributed by atoms with van der Waals surface area (Å²) in [6.45, 7) is 6.22. The predicted molar refractivity (Wildman–Crippen MR) is 69.0 cm³/mol. The van der Waals surface area contributed by atoms with E-state index < -0.39 is 5.82 Å². The molecule has 0 unspecified atom stereocenters. The molecule has 2 N–H and O–H groups in total. The lowest BCUT2D eigenvalue weighted by molar-refractivity contribution is 0.0927. The fraction of sp³-hybridized carbons (Fsp3) is 0.500. The van der Waals surface area contributed by atoms with E-state index >= 15 is 0 Å². The quantitative estimate of drug-likeness (QED) is 0.845. The fourth-order valence-electron chi connectivity index (χ4n) is 1.64. The number of aliphatic hydroxyl groups excluding tert-OH is 1. The number of rotatable bonds is 5. The number of aryl methyl sites for hydroxylation is 1. The highest BCUT2D eigenvalue weighted by atomic mass is 19.1. The van der Waals surface area contributed by atoms with E-state index in [2.05, 4.69) is 5.32 Å². The zero-order valence-corrected chi connectivity index (χ0v) is 11.1. The Morgan fingerprint density at radius 3 is 2.72 bits per heavy atom. The number of carbonyl (C=O) groups excluding carboxylic acids is 1. The van der Waals surface area contributed by atoms with Gasteiger partial charge in [0.25, 0.3) is 5.91 Å². The maximum absolute atomic E-state index is 13.1. The number of nitrogens with one attached hydrogen (secondary N) is 1. The molecule has 0 saturated carbocycles. The van der Waals surface area contributed by atoms with Crippen molar-refractivity contribution in [3.8, 4) is 0 Å². The number of hydrogen-bond acceptors (Lipinski definition) is 2. The van der Waals surface area contributed by atoms with Crippen LogP contribution < -0.4 is 5.32 Å². The van der Waals surface area contributed by atoms with Crippen LogP contribution in [0.4, 0.5) is 4.39 Å². The minimum atomic E-state index is -0.416. The van der Waals surface area contributed by atoms with E-state index in [-0.39, 0.29) is 17.9 Å². The first-order chi connectivity index (χ1) is 8.35. The summed E-state index contributed by atoms with van der Waals surface area (Å²) in [5.74, 6) is -0.696. The summed E-state index contributed by atoms with van der Waals surface area (Å²) in [7, 11) is 0. The Morgan fingerprint density at radius 2 is 2.11 bits per heavy atom. The van der Waals surface area contributed by atoms with Crippen LogP contribution in [0.15, 0.2) is 18.2 Å². The minimum absolute atomic E-state index is 0.0852. The van der Waals surface area contributed by atoms with Crippen molar-refractivity contribution in [1.29, 1.82) is 0 Å². The van der Waals surface area contributed by atoms with Crippen LogP contribution in [-0.4, -0.2) is 24.2 Å². The van der Waals surface area contributed by atoms with Crippen molar-refractivity contribution in [3.05, 3.63) is 35.1 Å². The number of hydrogen-bond donors (Lipinski definition) is 2. The van der Waals surface area contributed by atoms with Crippen molar-refractivity contribution in [2.75, 3.05) is 13.2 Å². The van der Waals surface area contributed by atoms with Gasteiger partial charge in [-0.25, -0.2) is 4.39 Å². The van der Waals surface area contributed by atoms with Crippen molar-refractivity contribution in [1.82, 2.24) is 5.32 Å². The summed E-state index contributed by atoms with van der Waals surface area (Å²) < 4.78 is 13.1. The van der Waals surface area contributed by atoms with Gasteiger partial charge in [-0.3, -0.25) is 4.79 Å². The normalized spacial score (nSPS) is 11.4. The monoisotopic (exact) mass is 253 g/mol. The average Bonchev–Trinajstić information content (AvgIpc) is 2.29. The second-order valence-corrected chi connectivity index (χ2v) is 5.28. The van der Waals surface area contributed by atoms with Gasteiger partial charge in [0.15, 0.2) is 0 Å². The van der Waals surface area contributed by atoms with Crippen molar-refractivity contribution >= 4 is 5.91 Å². The van der Waals surface area contributed by atoms with Gasteiger partial charge in [-0.15, -0.1) is 0 Å². The summed E-state index contributed by atoms with van der Waals surface area (Å²) in [6.07, 6.45) is 0.607. The molecule has 1 aromatic carbocycles. The van der Waals surface area contributed by atoms with E-state index in [1.54, 1.807) is 13.0 Å². The number of halogens is 1. The second-order valence-electron chi connectivity index (χ2n) is 5.28. The molecule has 0 spiro atoms. The number of carbonyl (C=O) groups is 1. The molecule has 0 aliphatic carbocycles. The molecule has 0 saturated heterocycles. The number of amides is 1. The van der Waals surface area contributed by atoms with E-state index in [0.29, 0.717) is 18.5 Å². The SMILES string of the molecule is Cc1ccc(F)cc1C(=O)NCC(C)(C)CCO. The molecule has 3 nitrogen and oxygen atoms in total. The molecule has 0 fully saturated rings. The molecule has 1 amide bonds. The smallest absolute Gasteiger partial charge is 0.251 e. The third-order valence-corrected chi connectivity index (χ3v) is 2.96. The Balaban J connectivity index is 2.69. The van der Waals surface area contributed by atoms with Crippen LogP contribution in [0.5, 0.6) is 0 Å². The molecule has 0 radical (unpaired) electrons. The van der Waals surface area contributed by atoms with Gasteiger partial charge < -0.3 is 10.4 Å². The largest absolute Gasteiger partial charge is 0.396 e. The van der Waals surface area contributed by atoms with Crippen molar-refractivity contribution < 1.29 is 14.3 Å². The molecular weight excluding hydrogens is 233 g/mol. The summed E-state index contributed by atoms with van der Waals surface area (Å²) >= 11 is 0. The molecule has 1 rings (SSSR count). The van der Waals surface area contributed by atoms with Crippen molar-refractivity contribution in [2.24, 2.45) is 5.41 Å². The third-order valence-electron chi connectivity index (χ3n) is 2.96. The first-order valence-corrected chi connectivity index (χ1v) is 6.01. The lowest BCUT2D eigenvalue weighted by Crippen LogP contribution is -2.34. The van der Waals surface area contributed by atoms with Crippen molar-refractivity contribution in [2.45, 2.75) is 27.2 Å². The fourth-order valence-corrected chi connectivity index (χ4v) is 1.64. The minimum Gasteiger partial charge on any atom is -0.396 e. The molecule has 100 valence electrons. The lowest BCUT2D eigenvalue weighted by Gasteiger charge is -2.24. The summed E-state index contributed by atoms with van der Waals surface area (Å²) in [6, 6.07) is 4.16. The second kappa shape index (κ2) is 5.96. The van der Waals surface area contributed by atoms with Gasteiger partial charge in [0.2, 0.25) is 0 Å². The number of aliphatic hydroxyl groups is 1. The van der Waals surface area contributed by atoms with Gasteiger partial charge in [0.05, 0.1) is 0 Å². The highest BCUT2D eigenvalue weighted by Gasteiger charge is 2.19. The lowest BCUT2D eigenvalue weighted by atomic mass is 9.89. The van der Waals surface area contributed by atoms with Crippen LogP contribution in [0, 0.1) is 18.2 Å². The van der Waals surface area contributed by atoms with E-state index in [1.165, 1.54) is 12.1 Å². The van der Waals surface area contributed by atoms with Gasteiger partial charge in [0.1, 0.15) is 5.82 Å². The van der Waals surface area contributed by atoms with Gasteiger partial charge in [0, 0.05) is 18.7 Å². The molecule has 0 atom stereocenters. The topological polar surface area (TPSA) is 49.3 Å². The Labute approximate surface area is 107 Å². The van der Waals surface area contributed by atoms with Crippen LogP contribution >= 0.6 is 0 Å². The molecule has 0 aliphatic rings. The highest BCUT2D eigenvalue weighted by molar-refractivity contribution is 5.95. The van der Waals surface area contributed by atoms with Crippen LogP contribution in [-0.2, 0) is 0 Å². The zero-order valence-electron chi connectivity index (χ0n) is 11.1. The Kier molecular flexibility index (Phi) is 4.84. The van der Waals surface area contributed by atoms with Crippen LogP contribution in [0.3, 0.4) is 0 Å². The Hall–Kier alpha value is -1.42. The van der Waals surface area contributed by atoms with Gasteiger partial charge in [-0.2, -0.15) is 0 Å². The summed E-state index contributed by atoms with van der Waals surface area (Å²) in [5, 5.41) is 11.7. The molecule has 18 heavy (non-hydrogen) atoms. The van der Waals surface area contributed by atoms with Gasteiger partial charge >= 0.3 is 0 Å². The van der Waals surface area contributed by atoms with Crippen LogP contribution in [0.1, 0.15) is 36.2 Å². The van der Waals surface area contributed by atoms with Crippen LogP contribution in [0.25, 0.3) is 0 Å². The van der Waals surface area contributed by atoms with E-state index in [9.17, 15) is 9.18 Å². The number of benzene rings is 1. The Bertz CT molecular complexity index is 430. The predicted octanol–water partition coefficient (Wildman–Crippen LogP) is 2.27. The van der Waals surface area contributed by atoms with E-state index in [0.717, 1.165) is 5.56 Å². The Morgan fingerprint density at radius 1 is 1.44 bits per heavy atom. The van der Waals surface area contributed by atoms with Gasteiger partial charge in [-0.1, -0.05) is 19.9 Å². The third kappa shape index (κ3) is 4.11. The summed E-state index contributed by atoms with van der Waals surface area (Å²) in [4.78, 5) is 11.9. The molecule has 0 bridgehead atoms. The van der Waals surface area contributed by atoms with Crippen molar-refractivity contribution in [3.63, 3.8) is 0 Å². The average molecular weight is 253 g/mol. The molecule has 0 heterocycles.